The molecule has 1 fully saturated rings. The molecule has 0 bridgehead atoms. The fourth-order valence-electron chi connectivity index (χ4n) is 1.74. The van der Waals surface area contributed by atoms with Crippen LogP contribution in [0.3, 0.4) is 0 Å². The highest BCUT2D eigenvalue weighted by atomic mass is 32.1. The van der Waals surface area contributed by atoms with Gasteiger partial charge in [0.2, 0.25) is 0 Å². The Hall–Kier alpha value is -0.380. The number of thiophene rings is 1. The van der Waals surface area contributed by atoms with Crippen molar-refractivity contribution in [3.05, 3.63) is 22.4 Å². The second-order valence-corrected chi connectivity index (χ2v) is 4.40. The predicted molar refractivity (Wildman–Crippen MR) is 54.9 cm³/mol. The maximum absolute atomic E-state index is 6.09. The van der Waals surface area contributed by atoms with Gasteiger partial charge in [-0.05, 0) is 41.1 Å². The zero-order valence-corrected chi connectivity index (χ0v) is 8.43. The predicted octanol–water partition coefficient (Wildman–Crippen LogP) is 1.65. The molecule has 1 aromatic rings. The van der Waals surface area contributed by atoms with Gasteiger partial charge in [-0.3, -0.25) is 0 Å². The third-order valence-corrected chi connectivity index (χ3v) is 3.35. The molecule has 0 aliphatic carbocycles. The smallest absolute Gasteiger partial charge is 0.0510 e. The summed E-state index contributed by atoms with van der Waals surface area (Å²) in [7, 11) is 0. The Bertz CT molecular complexity index is 241. The first-order chi connectivity index (χ1) is 6.36. The van der Waals surface area contributed by atoms with Gasteiger partial charge in [-0.15, -0.1) is 0 Å². The standard InChI is InChI=1S/C10H15NOS/c11-10(9-1-3-12-6-9)5-8-2-4-13-7-8/h2,4,7,9-10H,1,3,5-6,11H2. The van der Waals surface area contributed by atoms with E-state index in [1.165, 1.54) is 5.56 Å². The first-order valence-corrected chi connectivity index (χ1v) is 5.65. The maximum Gasteiger partial charge on any atom is 0.0510 e. The summed E-state index contributed by atoms with van der Waals surface area (Å²) in [6.45, 7) is 1.74. The lowest BCUT2D eigenvalue weighted by atomic mass is 9.95. The Morgan fingerprint density at radius 1 is 1.69 bits per heavy atom. The highest BCUT2D eigenvalue weighted by molar-refractivity contribution is 7.07. The molecule has 1 aromatic heterocycles. The zero-order valence-electron chi connectivity index (χ0n) is 7.61. The van der Waals surface area contributed by atoms with Crippen LogP contribution in [0.15, 0.2) is 16.8 Å². The lowest BCUT2D eigenvalue weighted by Crippen LogP contribution is -2.32. The van der Waals surface area contributed by atoms with Crippen molar-refractivity contribution in [2.24, 2.45) is 11.7 Å². The van der Waals surface area contributed by atoms with Crippen molar-refractivity contribution in [2.75, 3.05) is 13.2 Å². The van der Waals surface area contributed by atoms with Gasteiger partial charge in [0.1, 0.15) is 0 Å². The molecule has 2 rings (SSSR count). The van der Waals surface area contributed by atoms with E-state index in [1.54, 1.807) is 11.3 Å². The van der Waals surface area contributed by atoms with Gasteiger partial charge in [0, 0.05) is 12.6 Å². The van der Waals surface area contributed by atoms with Gasteiger partial charge in [-0.25, -0.2) is 0 Å². The summed E-state index contributed by atoms with van der Waals surface area (Å²) in [6, 6.07) is 2.43. The lowest BCUT2D eigenvalue weighted by Gasteiger charge is -2.16. The number of nitrogens with two attached hydrogens (primary N) is 1. The third kappa shape index (κ3) is 2.30. The number of rotatable bonds is 3. The molecule has 0 aromatic carbocycles. The van der Waals surface area contributed by atoms with E-state index >= 15 is 0 Å². The second-order valence-electron chi connectivity index (χ2n) is 3.62. The molecule has 2 heterocycles. The van der Waals surface area contributed by atoms with Crippen molar-refractivity contribution >= 4 is 11.3 Å². The lowest BCUT2D eigenvalue weighted by molar-refractivity contribution is 0.180. The molecule has 2 atom stereocenters. The van der Waals surface area contributed by atoms with Gasteiger partial charge >= 0.3 is 0 Å². The highest BCUT2D eigenvalue weighted by Gasteiger charge is 2.22. The van der Waals surface area contributed by atoms with E-state index in [1.807, 2.05) is 0 Å². The van der Waals surface area contributed by atoms with E-state index in [0.717, 1.165) is 26.1 Å². The molecule has 13 heavy (non-hydrogen) atoms. The summed E-state index contributed by atoms with van der Waals surface area (Å²) >= 11 is 1.74. The fraction of sp³-hybridized carbons (Fsp3) is 0.600. The molecule has 0 saturated carbocycles. The minimum absolute atomic E-state index is 0.275. The summed E-state index contributed by atoms with van der Waals surface area (Å²) in [5.74, 6) is 0.569. The normalized spacial score (nSPS) is 24.8. The maximum atomic E-state index is 6.09. The zero-order chi connectivity index (χ0) is 9.10. The van der Waals surface area contributed by atoms with Crippen LogP contribution in [0.1, 0.15) is 12.0 Å². The topological polar surface area (TPSA) is 35.2 Å². The van der Waals surface area contributed by atoms with E-state index in [0.29, 0.717) is 5.92 Å². The van der Waals surface area contributed by atoms with Gasteiger partial charge in [0.05, 0.1) is 6.61 Å². The fourth-order valence-corrected chi connectivity index (χ4v) is 2.42. The first kappa shape index (κ1) is 9.19. The molecule has 2 nitrogen and oxygen atoms in total. The summed E-state index contributed by atoms with van der Waals surface area (Å²) in [5, 5.41) is 4.28. The largest absolute Gasteiger partial charge is 0.381 e. The van der Waals surface area contributed by atoms with E-state index < -0.39 is 0 Å². The second kappa shape index (κ2) is 4.22. The Labute approximate surface area is 82.7 Å². The minimum atomic E-state index is 0.275. The molecule has 0 radical (unpaired) electrons. The molecule has 1 aliphatic heterocycles. The van der Waals surface area contributed by atoms with E-state index in [2.05, 4.69) is 16.8 Å². The quantitative estimate of drug-likeness (QED) is 0.799. The molecule has 3 heteroatoms. The van der Waals surface area contributed by atoms with E-state index in [9.17, 15) is 0 Å². The van der Waals surface area contributed by atoms with E-state index in [-0.39, 0.29) is 6.04 Å². The molecular weight excluding hydrogens is 182 g/mol. The molecule has 1 aliphatic rings. The number of ether oxygens (including phenoxy) is 1. The van der Waals surface area contributed by atoms with Crippen molar-refractivity contribution in [2.45, 2.75) is 18.9 Å². The molecule has 2 N–H and O–H groups in total. The molecule has 1 saturated heterocycles. The van der Waals surface area contributed by atoms with Crippen LogP contribution >= 0.6 is 11.3 Å². The van der Waals surface area contributed by atoms with Gasteiger partial charge in [0.25, 0.3) is 0 Å². The minimum Gasteiger partial charge on any atom is -0.381 e. The molecule has 0 amide bonds. The van der Waals surface area contributed by atoms with Gasteiger partial charge < -0.3 is 10.5 Å². The average Bonchev–Trinajstić information content (AvgIpc) is 2.74. The Balaban J connectivity index is 1.87. The van der Waals surface area contributed by atoms with Gasteiger partial charge in [-0.2, -0.15) is 11.3 Å². The van der Waals surface area contributed by atoms with Crippen LogP contribution in [0.25, 0.3) is 0 Å². The first-order valence-electron chi connectivity index (χ1n) is 4.70. The van der Waals surface area contributed by atoms with Crippen molar-refractivity contribution in [3.63, 3.8) is 0 Å². The SMILES string of the molecule is NC(Cc1ccsc1)C1CCOC1. The van der Waals surface area contributed by atoms with Crippen LogP contribution < -0.4 is 5.73 Å². The number of hydrogen-bond acceptors (Lipinski definition) is 3. The van der Waals surface area contributed by atoms with Gasteiger partial charge in [-0.1, -0.05) is 0 Å². The van der Waals surface area contributed by atoms with E-state index in [4.69, 9.17) is 10.5 Å². The molecule has 72 valence electrons. The van der Waals surface area contributed by atoms with Crippen molar-refractivity contribution in [1.82, 2.24) is 0 Å². The highest BCUT2D eigenvalue weighted by Crippen LogP contribution is 2.19. The Morgan fingerprint density at radius 3 is 3.23 bits per heavy atom. The third-order valence-electron chi connectivity index (χ3n) is 2.62. The summed E-state index contributed by atoms with van der Waals surface area (Å²) in [5.41, 5.74) is 7.46. The molecule has 2 unspecified atom stereocenters. The van der Waals surface area contributed by atoms with Crippen molar-refractivity contribution in [3.8, 4) is 0 Å². The Morgan fingerprint density at radius 2 is 2.62 bits per heavy atom. The van der Waals surface area contributed by atoms with Crippen LogP contribution in [0.4, 0.5) is 0 Å². The summed E-state index contributed by atoms with van der Waals surface area (Å²) < 4.78 is 5.32. The molecular formula is C10H15NOS. The summed E-state index contributed by atoms with van der Waals surface area (Å²) in [4.78, 5) is 0. The number of hydrogen-bond donors (Lipinski definition) is 1. The van der Waals surface area contributed by atoms with Crippen LogP contribution in [0.5, 0.6) is 0 Å². The van der Waals surface area contributed by atoms with Crippen LogP contribution in [-0.4, -0.2) is 19.3 Å². The Kier molecular flexibility index (Phi) is 2.98. The van der Waals surface area contributed by atoms with Gasteiger partial charge in [0.15, 0.2) is 0 Å². The van der Waals surface area contributed by atoms with Crippen molar-refractivity contribution < 1.29 is 4.74 Å². The summed E-state index contributed by atoms with van der Waals surface area (Å²) in [6.07, 6.45) is 2.13. The average molecular weight is 197 g/mol. The monoisotopic (exact) mass is 197 g/mol. The van der Waals surface area contributed by atoms with Crippen molar-refractivity contribution in [1.29, 1.82) is 0 Å². The van der Waals surface area contributed by atoms with Crippen LogP contribution in [-0.2, 0) is 11.2 Å². The van der Waals surface area contributed by atoms with Crippen LogP contribution in [0.2, 0.25) is 0 Å². The van der Waals surface area contributed by atoms with Crippen LogP contribution in [0, 0.1) is 5.92 Å². The molecule has 0 spiro atoms.